The lowest BCUT2D eigenvalue weighted by atomic mass is 9.95. The zero-order chi connectivity index (χ0) is 13.6. The van der Waals surface area contributed by atoms with Crippen LogP contribution in [0, 0.1) is 15.4 Å². The van der Waals surface area contributed by atoms with E-state index < -0.39 is 0 Å². The van der Waals surface area contributed by atoms with Crippen LogP contribution in [0.5, 0.6) is 0 Å². The molecule has 0 aromatic heterocycles. The molecule has 3 atom stereocenters. The average Bonchev–Trinajstić information content (AvgIpc) is 2.95. The number of hydrogen-bond acceptors (Lipinski definition) is 2. The van der Waals surface area contributed by atoms with Crippen molar-refractivity contribution in [2.24, 2.45) is 11.8 Å². The van der Waals surface area contributed by atoms with Gasteiger partial charge in [-0.05, 0) is 59.5 Å². The quantitative estimate of drug-likeness (QED) is 0.689. The van der Waals surface area contributed by atoms with E-state index >= 15 is 0 Å². The second-order valence-electron chi connectivity index (χ2n) is 5.40. The van der Waals surface area contributed by atoms with Crippen LogP contribution >= 0.6 is 38.5 Å². The molecule has 5 heteroatoms. The highest BCUT2D eigenvalue weighted by atomic mass is 127. The van der Waals surface area contributed by atoms with E-state index in [1.54, 1.807) is 0 Å². The maximum Gasteiger partial charge on any atom is 0.255 e. The Hall–Kier alpha value is -0.140. The number of likely N-dealkylation sites (tertiary alicyclic amines) is 1. The van der Waals surface area contributed by atoms with Crippen molar-refractivity contribution in [3.05, 3.63) is 31.8 Å². The van der Waals surface area contributed by atoms with Crippen LogP contribution in [0.2, 0.25) is 0 Å². The monoisotopic (exact) mass is 434 g/mol. The summed E-state index contributed by atoms with van der Waals surface area (Å²) >= 11 is 5.69. The highest BCUT2D eigenvalue weighted by Crippen LogP contribution is 2.34. The predicted octanol–water partition coefficient (Wildman–Crippen LogP) is 2.73. The Morgan fingerprint density at radius 2 is 2.26 bits per heavy atom. The van der Waals surface area contributed by atoms with E-state index in [-0.39, 0.29) is 5.91 Å². The topological polar surface area (TPSA) is 32.3 Å². The molecule has 0 saturated carbocycles. The highest BCUT2D eigenvalue weighted by Gasteiger charge is 2.44. The molecule has 102 valence electrons. The van der Waals surface area contributed by atoms with Crippen molar-refractivity contribution in [3.8, 4) is 0 Å². The first-order valence-electron chi connectivity index (χ1n) is 6.54. The molecule has 0 bridgehead atoms. The van der Waals surface area contributed by atoms with Crippen molar-refractivity contribution < 1.29 is 4.79 Å². The Morgan fingerprint density at radius 1 is 1.47 bits per heavy atom. The third kappa shape index (κ3) is 2.45. The number of benzene rings is 1. The summed E-state index contributed by atoms with van der Waals surface area (Å²) < 4.78 is 1.98. The Morgan fingerprint density at radius 3 is 3.00 bits per heavy atom. The Labute approximate surface area is 135 Å². The SMILES string of the molecule is CC1C2CNCC2CN1C(=O)c1cc(Br)ccc1I. The largest absolute Gasteiger partial charge is 0.335 e. The van der Waals surface area contributed by atoms with Gasteiger partial charge in [-0.3, -0.25) is 4.79 Å². The molecule has 2 fully saturated rings. The molecule has 2 aliphatic rings. The van der Waals surface area contributed by atoms with E-state index in [9.17, 15) is 4.79 Å². The zero-order valence-corrected chi connectivity index (χ0v) is 14.4. The van der Waals surface area contributed by atoms with Gasteiger partial charge in [0.1, 0.15) is 0 Å². The first-order valence-corrected chi connectivity index (χ1v) is 8.42. The van der Waals surface area contributed by atoms with Gasteiger partial charge in [-0.1, -0.05) is 15.9 Å². The van der Waals surface area contributed by atoms with Gasteiger partial charge in [0.25, 0.3) is 5.91 Å². The van der Waals surface area contributed by atoms with Crippen LogP contribution in [0.4, 0.5) is 0 Å². The van der Waals surface area contributed by atoms with Crippen molar-refractivity contribution in [1.82, 2.24) is 10.2 Å². The fraction of sp³-hybridized carbons (Fsp3) is 0.500. The molecular weight excluding hydrogens is 419 g/mol. The van der Waals surface area contributed by atoms with Gasteiger partial charge in [-0.25, -0.2) is 0 Å². The lowest BCUT2D eigenvalue weighted by Crippen LogP contribution is -2.38. The van der Waals surface area contributed by atoms with Crippen molar-refractivity contribution in [3.63, 3.8) is 0 Å². The highest BCUT2D eigenvalue weighted by molar-refractivity contribution is 14.1. The van der Waals surface area contributed by atoms with E-state index in [0.717, 1.165) is 33.2 Å². The molecule has 1 amide bonds. The molecule has 3 nitrogen and oxygen atoms in total. The van der Waals surface area contributed by atoms with Gasteiger partial charge in [-0.15, -0.1) is 0 Å². The van der Waals surface area contributed by atoms with Crippen LogP contribution in [-0.2, 0) is 0 Å². The minimum absolute atomic E-state index is 0.174. The molecular formula is C14H16BrIN2O. The lowest BCUT2D eigenvalue weighted by Gasteiger charge is -2.25. The molecule has 19 heavy (non-hydrogen) atoms. The minimum Gasteiger partial charge on any atom is -0.335 e. The average molecular weight is 435 g/mol. The maximum absolute atomic E-state index is 12.7. The van der Waals surface area contributed by atoms with Gasteiger partial charge < -0.3 is 10.2 Å². The fourth-order valence-electron chi connectivity index (χ4n) is 3.25. The zero-order valence-electron chi connectivity index (χ0n) is 10.7. The number of halogens is 2. The van der Waals surface area contributed by atoms with Crippen LogP contribution in [-0.4, -0.2) is 36.5 Å². The third-order valence-electron chi connectivity index (χ3n) is 4.35. The van der Waals surface area contributed by atoms with Crippen LogP contribution in [0.1, 0.15) is 17.3 Å². The molecule has 0 radical (unpaired) electrons. The molecule has 1 aromatic rings. The number of fused-ring (bicyclic) bond motifs is 1. The van der Waals surface area contributed by atoms with Crippen molar-refractivity contribution in [2.45, 2.75) is 13.0 Å². The normalized spacial score (nSPS) is 29.6. The summed E-state index contributed by atoms with van der Waals surface area (Å²) in [6.45, 7) is 5.17. The van der Waals surface area contributed by atoms with Crippen LogP contribution in [0.15, 0.2) is 22.7 Å². The molecule has 0 spiro atoms. The summed E-state index contributed by atoms with van der Waals surface area (Å²) in [4.78, 5) is 14.8. The molecule has 0 aliphatic carbocycles. The molecule has 1 N–H and O–H groups in total. The van der Waals surface area contributed by atoms with Crippen molar-refractivity contribution in [1.29, 1.82) is 0 Å². The number of carbonyl (C=O) groups excluding carboxylic acids is 1. The van der Waals surface area contributed by atoms with Gasteiger partial charge in [0, 0.05) is 33.7 Å². The summed E-state index contributed by atoms with van der Waals surface area (Å²) in [6, 6.07) is 6.23. The first-order chi connectivity index (χ1) is 9.08. The number of nitrogens with one attached hydrogen (secondary N) is 1. The molecule has 2 saturated heterocycles. The number of rotatable bonds is 1. The van der Waals surface area contributed by atoms with Gasteiger partial charge in [0.05, 0.1) is 5.56 Å². The van der Waals surface area contributed by atoms with Crippen LogP contribution < -0.4 is 5.32 Å². The summed E-state index contributed by atoms with van der Waals surface area (Å²) in [5.74, 6) is 1.42. The number of carbonyl (C=O) groups is 1. The van der Waals surface area contributed by atoms with Crippen LogP contribution in [0.25, 0.3) is 0 Å². The smallest absolute Gasteiger partial charge is 0.255 e. The van der Waals surface area contributed by atoms with Gasteiger partial charge in [0.2, 0.25) is 0 Å². The molecule has 1 aromatic carbocycles. The van der Waals surface area contributed by atoms with E-state index in [4.69, 9.17) is 0 Å². The minimum atomic E-state index is 0.174. The Kier molecular flexibility index (Phi) is 3.88. The van der Waals surface area contributed by atoms with Gasteiger partial charge in [0.15, 0.2) is 0 Å². The first kappa shape index (κ1) is 13.8. The molecule has 2 heterocycles. The van der Waals surface area contributed by atoms with Crippen molar-refractivity contribution in [2.75, 3.05) is 19.6 Å². The number of nitrogens with zero attached hydrogens (tertiary/aromatic N) is 1. The Bertz CT molecular complexity index is 522. The molecule has 2 aliphatic heterocycles. The van der Waals surface area contributed by atoms with Crippen molar-refractivity contribution >= 4 is 44.4 Å². The molecule has 3 rings (SSSR count). The summed E-state index contributed by atoms with van der Waals surface area (Å²) in [5, 5.41) is 3.43. The summed E-state index contributed by atoms with van der Waals surface area (Å²) in [6.07, 6.45) is 0. The van der Waals surface area contributed by atoms with E-state index in [2.05, 4.69) is 55.7 Å². The fourth-order valence-corrected chi connectivity index (χ4v) is 4.18. The summed E-state index contributed by atoms with van der Waals surface area (Å²) in [7, 11) is 0. The molecule has 3 unspecified atom stereocenters. The van der Waals surface area contributed by atoms with E-state index in [0.29, 0.717) is 17.9 Å². The standard InChI is InChI=1S/C14H16BrIN2O/c1-8-12-6-17-5-9(12)7-18(8)14(19)11-4-10(15)2-3-13(11)16/h2-4,8-9,12,17H,5-7H2,1H3. The maximum atomic E-state index is 12.7. The van der Waals surface area contributed by atoms with E-state index in [1.165, 1.54) is 0 Å². The van der Waals surface area contributed by atoms with E-state index in [1.807, 2.05) is 18.2 Å². The second-order valence-corrected chi connectivity index (χ2v) is 7.48. The predicted molar refractivity (Wildman–Crippen MR) is 87.2 cm³/mol. The Balaban J connectivity index is 1.86. The number of amides is 1. The summed E-state index contributed by atoms with van der Waals surface area (Å²) in [5.41, 5.74) is 0.815. The van der Waals surface area contributed by atoms with Gasteiger partial charge in [-0.2, -0.15) is 0 Å². The second kappa shape index (κ2) is 5.33. The van der Waals surface area contributed by atoms with Gasteiger partial charge >= 0.3 is 0 Å². The number of hydrogen-bond donors (Lipinski definition) is 1. The lowest BCUT2D eigenvalue weighted by molar-refractivity contribution is 0.0727. The third-order valence-corrected chi connectivity index (χ3v) is 5.79. The van der Waals surface area contributed by atoms with Crippen LogP contribution in [0.3, 0.4) is 0 Å².